The summed E-state index contributed by atoms with van der Waals surface area (Å²) in [5.74, 6) is -1.48. The number of hydrogen-bond acceptors (Lipinski definition) is 3. The summed E-state index contributed by atoms with van der Waals surface area (Å²) in [6.07, 6.45) is 0. The van der Waals surface area contributed by atoms with Gasteiger partial charge in [0.2, 0.25) is 0 Å². The van der Waals surface area contributed by atoms with Crippen LogP contribution in [0.3, 0.4) is 0 Å². The number of nitrogens with two attached hydrogens (primary N) is 1. The Balaban J connectivity index is 2.30. The van der Waals surface area contributed by atoms with Crippen LogP contribution in [0.15, 0.2) is 53.0 Å². The molecule has 5 nitrogen and oxygen atoms in total. The zero-order valence-electron chi connectivity index (χ0n) is 11.7. The molecule has 0 bridgehead atoms. The van der Waals surface area contributed by atoms with Gasteiger partial charge in [-0.05, 0) is 23.8 Å². The van der Waals surface area contributed by atoms with E-state index in [4.69, 9.17) is 10.8 Å². The molecule has 0 spiro atoms. The number of anilines is 1. The molecule has 2 aromatic carbocycles. The summed E-state index contributed by atoms with van der Waals surface area (Å²) >= 11 is 3.29. The van der Waals surface area contributed by atoms with Crippen molar-refractivity contribution >= 4 is 33.5 Å². The predicted molar refractivity (Wildman–Crippen MR) is 87.4 cm³/mol. The van der Waals surface area contributed by atoms with E-state index in [0.717, 1.165) is 5.56 Å². The molecule has 6 heteroatoms. The minimum absolute atomic E-state index is 0.206. The minimum atomic E-state index is -1.07. The Morgan fingerprint density at radius 3 is 2.45 bits per heavy atom. The molecule has 114 valence electrons. The first-order valence-corrected chi connectivity index (χ1v) is 7.36. The molecule has 1 amide bonds. The third-order valence-corrected chi connectivity index (χ3v) is 3.57. The highest BCUT2D eigenvalue weighted by atomic mass is 79.9. The van der Waals surface area contributed by atoms with Crippen molar-refractivity contribution in [2.45, 2.75) is 6.54 Å². The fourth-order valence-electron chi connectivity index (χ4n) is 2.05. The van der Waals surface area contributed by atoms with Crippen molar-refractivity contribution in [3.63, 3.8) is 0 Å². The topological polar surface area (TPSA) is 83.6 Å². The highest BCUT2D eigenvalue weighted by Crippen LogP contribution is 2.21. The number of carbonyl (C=O) groups excluding carboxylic acids is 1. The highest BCUT2D eigenvalue weighted by molar-refractivity contribution is 9.10. The summed E-state index contributed by atoms with van der Waals surface area (Å²) in [6, 6.07) is 14.2. The lowest BCUT2D eigenvalue weighted by atomic mass is 10.1. The summed E-state index contributed by atoms with van der Waals surface area (Å²) in [5.41, 5.74) is 7.29. The molecule has 22 heavy (non-hydrogen) atoms. The van der Waals surface area contributed by atoms with Crippen LogP contribution in [0.1, 0.15) is 15.9 Å². The lowest BCUT2D eigenvalue weighted by molar-refractivity contribution is -0.137. The Kier molecular flexibility index (Phi) is 5.16. The fourth-order valence-corrected chi connectivity index (χ4v) is 2.41. The van der Waals surface area contributed by atoms with Gasteiger partial charge in [-0.2, -0.15) is 0 Å². The third kappa shape index (κ3) is 4.08. The van der Waals surface area contributed by atoms with Crippen LogP contribution in [0.4, 0.5) is 5.69 Å². The van der Waals surface area contributed by atoms with Crippen LogP contribution in [0.25, 0.3) is 0 Å². The van der Waals surface area contributed by atoms with Crippen molar-refractivity contribution < 1.29 is 14.7 Å². The Morgan fingerprint density at radius 1 is 1.14 bits per heavy atom. The number of aliphatic carboxylic acids is 1. The Morgan fingerprint density at radius 2 is 1.82 bits per heavy atom. The summed E-state index contributed by atoms with van der Waals surface area (Å²) in [7, 11) is 0. The molecule has 0 saturated carbocycles. The van der Waals surface area contributed by atoms with E-state index in [2.05, 4.69) is 15.9 Å². The largest absolute Gasteiger partial charge is 0.480 e. The van der Waals surface area contributed by atoms with Crippen molar-refractivity contribution in [3.05, 3.63) is 64.1 Å². The minimum Gasteiger partial charge on any atom is -0.480 e. The van der Waals surface area contributed by atoms with Crippen molar-refractivity contribution in [3.8, 4) is 0 Å². The maximum atomic E-state index is 12.6. The lowest BCUT2D eigenvalue weighted by Crippen LogP contribution is -2.35. The first-order valence-electron chi connectivity index (χ1n) is 6.57. The van der Waals surface area contributed by atoms with Crippen LogP contribution in [0, 0.1) is 0 Å². The van der Waals surface area contributed by atoms with E-state index < -0.39 is 11.9 Å². The van der Waals surface area contributed by atoms with Crippen molar-refractivity contribution in [1.29, 1.82) is 0 Å². The smallest absolute Gasteiger partial charge is 0.323 e. The molecule has 0 atom stereocenters. The molecular weight excluding hydrogens is 348 g/mol. The number of rotatable bonds is 5. The van der Waals surface area contributed by atoms with Gasteiger partial charge in [-0.25, -0.2) is 0 Å². The summed E-state index contributed by atoms with van der Waals surface area (Å²) in [6.45, 7) is -0.183. The Bertz CT molecular complexity index is 689. The molecule has 0 fully saturated rings. The maximum absolute atomic E-state index is 12.6. The highest BCUT2D eigenvalue weighted by Gasteiger charge is 2.21. The monoisotopic (exact) mass is 362 g/mol. The number of amides is 1. The maximum Gasteiger partial charge on any atom is 0.323 e. The van der Waals surface area contributed by atoms with Crippen LogP contribution in [0.5, 0.6) is 0 Å². The van der Waals surface area contributed by atoms with E-state index in [0.29, 0.717) is 10.2 Å². The summed E-state index contributed by atoms with van der Waals surface area (Å²) < 4.78 is 0.708. The molecule has 2 rings (SSSR count). The van der Waals surface area contributed by atoms with Crippen molar-refractivity contribution in [2.75, 3.05) is 12.3 Å². The molecule has 2 aromatic rings. The van der Waals surface area contributed by atoms with Crippen molar-refractivity contribution in [1.82, 2.24) is 4.90 Å². The van der Waals surface area contributed by atoms with Gasteiger partial charge in [0.25, 0.3) is 5.91 Å². The number of benzene rings is 2. The van der Waals surface area contributed by atoms with Crippen LogP contribution >= 0.6 is 15.9 Å². The van der Waals surface area contributed by atoms with E-state index in [9.17, 15) is 9.59 Å². The SMILES string of the molecule is Nc1ccc(Br)cc1C(=O)N(CC(=O)O)Cc1ccccc1. The van der Waals surface area contributed by atoms with Gasteiger partial charge >= 0.3 is 5.97 Å². The molecule has 0 aliphatic heterocycles. The van der Waals surface area contributed by atoms with Crippen LogP contribution in [-0.4, -0.2) is 28.4 Å². The van der Waals surface area contributed by atoms with Gasteiger partial charge in [-0.3, -0.25) is 9.59 Å². The Labute approximate surface area is 136 Å². The van der Waals surface area contributed by atoms with Gasteiger partial charge in [0.1, 0.15) is 6.54 Å². The molecular formula is C16H15BrN2O3. The second-order valence-corrected chi connectivity index (χ2v) is 5.69. The zero-order valence-corrected chi connectivity index (χ0v) is 13.3. The standard InChI is InChI=1S/C16H15BrN2O3/c17-12-6-7-14(18)13(8-12)16(22)19(10-15(20)21)9-11-4-2-1-3-5-11/h1-8H,9-10,18H2,(H,20,21). The Hall–Kier alpha value is -2.34. The first-order chi connectivity index (χ1) is 10.5. The average Bonchev–Trinajstić information content (AvgIpc) is 2.49. The van der Waals surface area contributed by atoms with E-state index in [1.54, 1.807) is 18.2 Å². The van der Waals surface area contributed by atoms with Gasteiger partial charge in [0.05, 0.1) is 5.56 Å². The number of hydrogen-bond donors (Lipinski definition) is 2. The van der Waals surface area contributed by atoms with E-state index in [-0.39, 0.29) is 18.7 Å². The van der Waals surface area contributed by atoms with Gasteiger partial charge in [-0.1, -0.05) is 46.3 Å². The second kappa shape index (κ2) is 7.09. The van der Waals surface area contributed by atoms with E-state index in [1.807, 2.05) is 30.3 Å². The van der Waals surface area contributed by atoms with Crippen molar-refractivity contribution in [2.24, 2.45) is 0 Å². The number of carboxylic acids is 1. The first kappa shape index (κ1) is 16.0. The quantitative estimate of drug-likeness (QED) is 0.801. The normalized spacial score (nSPS) is 10.2. The van der Waals surface area contributed by atoms with Gasteiger partial charge in [0.15, 0.2) is 0 Å². The molecule has 0 unspecified atom stereocenters. The lowest BCUT2D eigenvalue weighted by Gasteiger charge is -2.21. The summed E-state index contributed by atoms with van der Waals surface area (Å²) in [5, 5.41) is 9.05. The number of nitrogen functional groups attached to an aromatic ring is 1. The number of carboxylic acid groups (broad SMARTS) is 1. The molecule has 3 N–H and O–H groups in total. The fraction of sp³-hybridized carbons (Fsp3) is 0.125. The molecule has 0 aromatic heterocycles. The molecule has 0 aliphatic carbocycles. The van der Waals surface area contributed by atoms with Crippen LogP contribution in [-0.2, 0) is 11.3 Å². The van der Waals surface area contributed by atoms with E-state index >= 15 is 0 Å². The van der Waals surface area contributed by atoms with Gasteiger partial charge in [0, 0.05) is 16.7 Å². The number of halogens is 1. The third-order valence-electron chi connectivity index (χ3n) is 3.08. The number of nitrogens with zero attached hydrogens (tertiary/aromatic N) is 1. The predicted octanol–water partition coefficient (Wildman–Crippen LogP) is 2.76. The molecule has 0 heterocycles. The van der Waals surface area contributed by atoms with Crippen LogP contribution in [0.2, 0.25) is 0 Å². The van der Waals surface area contributed by atoms with Crippen LogP contribution < -0.4 is 5.73 Å². The molecule has 0 radical (unpaired) electrons. The second-order valence-electron chi connectivity index (χ2n) is 4.77. The zero-order chi connectivity index (χ0) is 16.1. The molecule has 0 saturated heterocycles. The van der Waals surface area contributed by atoms with E-state index in [1.165, 1.54) is 4.90 Å². The number of carbonyl (C=O) groups is 2. The van der Waals surface area contributed by atoms with Gasteiger partial charge < -0.3 is 15.7 Å². The van der Waals surface area contributed by atoms with Gasteiger partial charge in [-0.15, -0.1) is 0 Å². The average molecular weight is 363 g/mol. The molecule has 0 aliphatic rings. The summed E-state index contributed by atoms with van der Waals surface area (Å²) in [4.78, 5) is 24.9.